The van der Waals surface area contributed by atoms with Crippen LogP contribution in [0.15, 0.2) is 115 Å². The molecule has 1 saturated heterocycles. The second-order valence-electron chi connectivity index (χ2n) is 12.2. The summed E-state index contributed by atoms with van der Waals surface area (Å²) in [4.78, 5) is 59.0. The molecule has 4 aromatic carbocycles. The molecule has 0 radical (unpaired) electrons. The van der Waals surface area contributed by atoms with Gasteiger partial charge in [0.15, 0.2) is 12.4 Å². The minimum atomic E-state index is -0.685. The number of carbonyl (C=O) groups is 4. The topological polar surface area (TPSA) is 93.6 Å². The molecule has 2 aliphatic carbocycles. The van der Waals surface area contributed by atoms with Crippen molar-refractivity contribution < 1.29 is 23.9 Å². The predicted molar refractivity (Wildman–Crippen MR) is 179 cm³/mol. The highest BCUT2D eigenvalue weighted by molar-refractivity contribution is 6.31. The summed E-state index contributed by atoms with van der Waals surface area (Å²) in [5, 5.41) is 0.916. The van der Waals surface area contributed by atoms with E-state index in [1.807, 2.05) is 42.5 Å². The molecule has 1 aromatic heterocycles. The molecule has 8 rings (SSSR count). The highest BCUT2D eigenvalue weighted by Crippen LogP contribution is 2.53. The molecule has 8 heteroatoms. The van der Waals surface area contributed by atoms with Gasteiger partial charge in [-0.1, -0.05) is 90.5 Å². The van der Waals surface area contributed by atoms with Gasteiger partial charge < -0.3 is 4.74 Å². The first kappa shape index (κ1) is 29.0. The van der Waals surface area contributed by atoms with Gasteiger partial charge in [0.1, 0.15) is 0 Å². The van der Waals surface area contributed by atoms with Crippen molar-refractivity contribution in [2.24, 2.45) is 23.7 Å². The average Bonchev–Trinajstić information content (AvgIpc) is 3.80. The molecule has 47 heavy (non-hydrogen) atoms. The molecule has 1 aliphatic heterocycles. The summed E-state index contributed by atoms with van der Waals surface area (Å²) in [6.45, 7) is -0.435. The van der Waals surface area contributed by atoms with Gasteiger partial charge in [-0.2, -0.15) is 0 Å². The number of hydrogen-bond donors (Lipinski definition) is 0. The quantitative estimate of drug-likeness (QED) is 0.0790. The molecule has 2 fully saturated rings. The Morgan fingerprint density at radius 3 is 2.09 bits per heavy atom. The number of imide groups is 1. The fourth-order valence-corrected chi connectivity index (χ4v) is 7.40. The molecule has 5 aromatic rings. The number of aromatic nitrogens is 1. The Hall–Kier alpha value is -5.40. The zero-order chi connectivity index (χ0) is 32.2. The molecule has 4 atom stereocenters. The predicted octanol–water partition coefficient (Wildman–Crippen LogP) is 7.57. The van der Waals surface area contributed by atoms with Crippen molar-refractivity contribution in [1.29, 1.82) is 0 Å². The van der Waals surface area contributed by atoms with E-state index in [9.17, 15) is 19.2 Å². The van der Waals surface area contributed by atoms with Gasteiger partial charge in [-0.25, -0.2) is 9.78 Å². The number of nitrogens with zero attached hydrogens (tertiary/aromatic N) is 2. The van der Waals surface area contributed by atoms with E-state index >= 15 is 0 Å². The van der Waals surface area contributed by atoms with Crippen LogP contribution in [-0.4, -0.2) is 35.2 Å². The Balaban J connectivity index is 1.03. The minimum absolute atomic E-state index is 0.134. The van der Waals surface area contributed by atoms with Crippen molar-refractivity contribution in [2.45, 2.75) is 6.42 Å². The fourth-order valence-electron chi connectivity index (χ4n) is 7.22. The largest absolute Gasteiger partial charge is 0.454 e. The lowest BCUT2D eigenvalue weighted by molar-refractivity contribution is -0.123. The molecule has 2 bridgehead atoms. The number of Topliss-reactive ketones (excluding diaryl/α,β-unsaturated/α-hetero) is 1. The highest BCUT2D eigenvalue weighted by Gasteiger charge is 2.59. The van der Waals surface area contributed by atoms with Crippen LogP contribution in [0, 0.1) is 23.7 Å². The number of allylic oxidation sites excluding steroid dienone is 2. The molecule has 2 amide bonds. The molecular formula is C39H27ClN2O5. The summed E-state index contributed by atoms with van der Waals surface area (Å²) in [5.74, 6) is -1.59. The summed E-state index contributed by atoms with van der Waals surface area (Å²) in [6, 6.07) is 30.7. The summed E-state index contributed by atoms with van der Waals surface area (Å²) in [7, 11) is 0. The van der Waals surface area contributed by atoms with Gasteiger partial charge in [-0.05, 0) is 65.8 Å². The second-order valence-corrected chi connectivity index (χ2v) is 12.7. The van der Waals surface area contributed by atoms with Crippen LogP contribution >= 0.6 is 11.6 Å². The van der Waals surface area contributed by atoms with E-state index in [0.29, 0.717) is 38.4 Å². The molecule has 7 nitrogen and oxygen atoms in total. The number of anilines is 1. The number of esters is 1. The van der Waals surface area contributed by atoms with Crippen LogP contribution in [0.1, 0.15) is 27.1 Å². The van der Waals surface area contributed by atoms with E-state index in [-0.39, 0.29) is 46.8 Å². The molecule has 0 N–H and O–H groups in total. The molecule has 0 spiro atoms. The molecule has 2 heterocycles. The smallest absolute Gasteiger partial charge is 0.339 e. The van der Waals surface area contributed by atoms with Crippen molar-refractivity contribution in [2.75, 3.05) is 11.5 Å². The molecule has 4 unspecified atom stereocenters. The van der Waals surface area contributed by atoms with Gasteiger partial charge in [0.25, 0.3) is 0 Å². The van der Waals surface area contributed by atoms with E-state index in [2.05, 4.69) is 12.2 Å². The van der Waals surface area contributed by atoms with Crippen LogP contribution in [-0.2, 0) is 14.3 Å². The number of benzene rings is 4. The van der Waals surface area contributed by atoms with Crippen LogP contribution in [0.5, 0.6) is 0 Å². The second kappa shape index (κ2) is 11.4. The van der Waals surface area contributed by atoms with E-state index in [1.54, 1.807) is 60.7 Å². The number of halogens is 1. The lowest BCUT2D eigenvalue weighted by atomic mass is 9.85. The Morgan fingerprint density at radius 2 is 1.40 bits per heavy atom. The number of hydrogen-bond acceptors (Lipinski definition) is 6. The lowest BCUT2D eigenvalue weighted by Crippen LogP contribution is -2.32. The number of amides is 2. The van der Waals surface area contributed by atoms with Crippen molar-refractivity contribution in [3.8, 4) is 22.4 Å². The first-order chi connectivity index (χ1) is 22.9. The molecular weight excluding hydrogens is 612 g/mol. The Labute approximate surface area is 275 Å². The van der Waals surface area contributed by atoms with Crippen LogP contribution < -0.4 is 4.90 Å². The maximum atomic E-state index is 13.5. The van der Waals surface area contributed by atoms with Gasteiger partial charge in [-0.3, -0.25) is 19.3 Å². The highest BCUT2D eigenvalue weighted by atomic mass is 35.5. The lowest BCUT2D eigenvalue weighted by Gasteiger charge is -2.17. The fraction of sp³-hybridized carbons (Fsp3) is 0.154. The van der Waals surface area contributed by atoms with Crippen molar-refractivity contribution in [3.05, 3.63) is 131 Å². The number of carbonyl (C=O) groups excluding carboxylic acids is 4. The Kier molecular flexibility index (Phi) is 7.07. The first-order valence-corrected chi connectivity index (χ1v) is 15.9. The normalized spacial score (nSPS) is 21.0. The summed E-state index contributed by atoms with van der Waals surface area (Å²) in [5.41, 5.74) is 4.86. The summed E-state index contributed by atoms with van der Waals surface area (Å²) in [6.07, 6.45) is 5.02. The van der Waals surface area contributed by atoms with E-state index in [4.69, 9.17) is 21.3 Å². The SMILES string of the molecule is O=C(COC(=O)c1cc(-c2ccc(N3C(=O)C4C5C=CC(C5)C4C3=O)cc2)nc2ccc(Cl)cc12)c1ccc(-c2ccccc2)cc1. The number of rotatable bonds is 7. The maximum absolute atomic E-state index is 13.5. The van der Waals surface area contributed by atoms with Gasteiger partial charge >= 0.3 is 5.97 Å². The van der Waals surface area contributed by atoms with E-state index in [1.165, 1.54) is 4.90 Å². The number of pyridine rings is 1. The van der Waals surface area contributed by atoms with Crippen molar-refractivity contribution >= 4 is 51.8 Å². The minimum Gasteiger partial charge on any atom is -0.454 e. The Morgan fingerprint density at radius 1 is 0.766 bits per heavy atom. The third-order valence-corrected chi connectivity index (χ3v) is 9.77. The standard InChI is InChI=1S/C39H27ClN2O5/c40-28-14-17-32-30(19-28)31(39(46)47-21-34(43)25-8-6-23(7-9-25)22-4-2-1-3-5-22)20-33(41-32)24-12-15-29(16-13-24)42-37(44)35-26-10-11-27(18-26)36(35)38(42)45/h1-17,19-20,26-27,35-36H,18,21H2. The summed E-state index contributed by atoms with van der Waals surface area (Å²) < 4.78 is 5.52. The average molecular weight is 639 g/mol. The van der Waals surface area contributed by atoms with Gasteiger partial charge in [-0.15, -0.1) is 0 Å². The molecule has 1 saturated carbocycles. The number of fused-ring (bicyclic) bond motifs is 6. The molecule has 3 aliphatic rings. The molecule has 230 valence electrons. The van der Waals surface area contributed by atoms with Crippen LogP contribution in [0.3, 0.4) is 0 Å². The van der Waals surface area contributed by atoms with Crippen molar-refractivity contribution in [1.82, 2.24) is 4.98 Å². The van der Waals surface area contributed by atoms with E-state index in [0.717, 1.165) is 17.5 Å². The maximum Gasteiger partial charge on any atom is 0.339 e. The Bertz CT molecular complexity index is 2100. The third-order valence-electron chi connectivity index (χ3n) is 9.53. The monoisotopic (exact) mass is 638 g/mol. The van der Waals surface area contributed by atoms with Crippen LogP contribution in [0.25, 0.3) is 33.3 Å². The number of ether oxygens (including phenoxy) is 1. The first-order valence-electron chi connectivity index (χ1n) is 15.5. The van der Waals surface area contributed by atoms with Crippen molar-refractivity contribution in [3.63, 3.8) is 0 Å². The zero-order valence-corrected chi connectivity index (χ0v) is 25.8. The third kappa shape index (κ3) is 5.04. The summed E-state index contributed by atoms with van der Waals surface area (Å²) >= 11 is 6.28. The van der Waals surface area contributed by atoms with Crippen LogP contribution in [0.4, 0.5) is 5.69 Å². The van der Waals surface area contributed by atoms with Gasteiger partial charge in [0, 0.05) is 21.5 Å². The van der Waals surface area contributed by atoms with E-state index < -0.39 is 12.6 Å². The van der Waals surface area contributed by atoms with Crippen LogP contribution in [0.2, 0.25) is 5.02 Å². The number of ketones is 1. The van der Waals surface area contributed by atoms with Gasteiger partial charge in [0.2, 0.25) is 11.8 Å². The zero-order valence-electron chi connectivity index (χ0n) is 25.0. The van der Waals surface area contributed by atoms with Gasteiger partial charge in [0.05, 0.1) is 34.3 Å².